The predicted molar refractivity (Wildman–Crippen MR) is 72.9 cm³/mol. The molecule has 0 atom stereocenters. The van der Waals surface area contributed by atoms with Crippen LogP contribution < -0.4 is 11.0 Å². The third kappa shape index (κ3) is 2.16. The van der Waals surface area contributed by atoms with E-state index in [1.165, 1.54) is 0 Å². The van der Waals surface area contributed by atoms with E-state index >= 15 is 0 Å². The van der Waals surface area contributed by atoms with Gasteiger partial charge in [-0.25, -0.2) is 4.79 Å². The van der Waals surface area contributed by atoms with Crippen molar-refractivity contribution in [2.24, 2.45) is 13.0 Å². The minimum atomic E-state index is -0.0399. The van der Waals surface area contributed by atoms with Gasteiger partial charge in [-0.15, -0.1) is 0 Å². The average molecular weight is 259 g/mol. The lowest BCUT2D eigenvalue weighted by atomic mass is 10.3. The van der Waals surface area contributed by atoms with Crippen LogP contribution >= 0.6 is 0 Å². The first-order chi connectivity index (χ1) is 9.18. The first kappa shape index (κ1) is 12.0. The lowest BCUT2D eigenvalue weighted by Gasteiger charge is -2.05. The summed E-state index contributed by atoms with van der Waals surface area (Å²) < 4.78 is 3.35. The molecule has 19 heavy (non-hydrogen) atoms. The number of nitrogens with zero attached hydrogens (tertiary/aromatic N) is 2. The fourth-order valence-corrected chi connectivity index (χ4v) is 2.36. The van der Waals surface area contributed by atoms with Crippen LogP contribution in [0.3, 0.4) is 0 Å². The molecule has 0 spiro atoms. The minimum absolute atomic E-state index is 0.0399. The molecule has 100 valence electrons. The van der Waals surface area contributed by atoms with Crippen molar-refractivity contribution in [2.75, 3.05) is 6.54 Å². The zero-order valence-electron chi connectivity index (χ0n) is 10.9. The van der Waals surface area contributed by atoms with E-state index in [1.54, 1.807) is 16.2 Å². The Morgan fingerprint density at radius 2 is 2.00 bits per heavy atom. The zero-order chi connectivity index (χ0) is 13.4. The Morgan fingerprint density at radius 1 is 1.32 bits per heavy atom. The van der Waals surface area contributed by atoms with E-state index in [4.69, 9.17) is 0 Å². The van der Waals surface area contributed by atoms with Gasteiger partial charge in [-0.05, 0) is 25.0 Å². The van der Waals surface area contributed by atoms with Crippen molar-refractivity contribution < 1.29 is 4.79 Å². The summed E-state index contributed by atoms with van der Waals surface area (Å²) in [7, 11) is 1.77. The smallest absolute Gasteiger partial charge is 0.328 e. The fourth-order valence-electron chi connectivity index (χ4n) is 2.36. The van der Waals surface area contributed by atoms with Crippen LogP contribution in [0, 0.1) is 5.92 Å². The quantitative estimate of drug-likeness (QED) is 0.885. The van der Waals surface area contributed by atoms with Crippen LogP contribution in [0.1, 0.15) is 12.8 Å². The monoisotopic (exact) mass is 259 g/mol. The van der Waals surface area contributed by atoms with Gasteiger partial charge < -0.3 is 5.32 Å². The molecule has 5 nitrogen and oxygen atoms in total. The van der Waals surface area contributed by atoms with Gasteiger partial charge in [0.2, 0.25) is 5.91 Å². The van der Waals surface area contributed by atoms with E-state index < -0.39 is 0 Å². The van der Waals surface area contributed by atoms with E-state index in [0.717, 1.165) is 23.9 Å². The van der Waals surface area contributed by atoms with Crippen LogP contribution in [0.2, 0.25) is 0 Å². The van der Waals surface area contributed by atoms with E-state index in [1.807, 2.05) is 24.3 Å². The Balaban J connectivity index is 1.78. The van der Waals surface area contributed by atoms with Gasteiger partial charge in [-0.3, -0.25) is 13.9 Å². The average Bonchev–Trinajstić information content (AvgIpc) is 3.23. The molecule has 1 aromatic carbocycles. The Hall–Kier alpha value is -2.04. The van der Waals surface area contributed by atoms with Crippen molar-refractivity contribution in [3.63, 3.8) is 0 Å². The standard InChI is InChI=1S/C14H17N3O2/c1-16-11-4-2-3-5-12(11)17(14(16)19)9-8-15-13(18)10-6-7-10/h2-5,10H,6-9H2,1H3,(H,15,18). The number of fused-ring (bicyclic) bond motifs is 1. The normalized spacial score (nSPS) is 14.8. The molecular weight excluding hydrogens is 242 g/mol. The molecule has 1 aromatic heterocycles. The summed E-state index contributed by atoms with van der Waals surface area (Å²) in [6.45, 7) is 1.02. The number of aryl methyl sites for hydroxylation is 1. The molecular formula is C14H17N3O2. The molecule has 5 heteroatoms. The molecule has 1 aliphatic rings. The predicted octanol–water partition coefficient (Wildman–Crippen LogP) is 0.866. The third-order valence-corrected chi connectivity index (χ3v) is 3.63. The second kappa shape index (κ2) is 4.57. The Morgan fingerprint density at radius 3 is 2.68 bits per heavy atom. The zero-order valence-corrected chi connectivity index (χ0v) is 10.9. The Bertz CT molecular complexity index is 680. The van der Waals surface area contributed by atoms with Crippen molar-refractivity contribution >= 4 is 16.9 Å². The molecule has 0 bridgehead atoms. The molecule has 0 aliphatic heterocycles. The number of rotatable bonds is 4. The summed E-state index contributed by atoms with van der Waals surface area (Å²) in [5.74, 6) is 0.331. The number of carbonyl (C=O) groups is 1. The van der Waals surface area contributed by atoms with Crippen molar-refractivity contribution in [2.45, 2.75) is 19.4 Å². The lowest BCUT2D eigenvalue weighted by molar-refractivity contribution is -0.122. The third-order valence-electron chi connectivity index (χ3n) is 3.63. The molecule has 1 N–H and O–H groups in total. The topological polar surface area (TPSA) is 56.0 Å². The first-order valence-corrected chi connectivity index (χ1v) is 6.60. The number of benzene rings is 1. The fraction of sp³-hybridized carbons (Fsp3) is 0.429. The molecule has 0 unspecified atom stereocenters. The molecule has 2 aromatic rings. The van der Waals surface area contributed by atoms with Crippen molar-refractivity contribution in [1.82, 2.24) is 14.5 Å². The highest BCUT2D eigenvalue weighted by Crippen LogP contribution is 2.28. The molecule has 1 heterocycles. The Kier molecular flexibility index (Phi) is 2.89. The number of imidazole rings is 1. The molecule has 0 saturated heterocycles. The summed E-state index contributed by atoms with van der Waals surface area (Å²) >= 11 is 0. The van der Waals surface area contributed by atoms with Gasteiger partial charge in [0, 0.05) is 26.1 Å². The van der Waals surface area contributed by atoms with Gasteiger partial charge in [-0.1, -0.05) is 12.1 Å². The SMILES string of the molecule is Cn1c(=O)n(CCNC(=O)C2CC2)c2ccccc21. The summed E-state index contributed by atoms with van der Waals surface area (Å²) in [6, 6.07) is 7.69. The van der Waals surface area contributed by atoms with Crippen LogP contribution in [0.4, 0.5) is 0 Å². The number of carbonyl (C=O) groups excluding carboxylic acids is 1. The van der Waals surface area contributed by atoms with Crippen LogP contribution in [-0.4, -0.2) is 21.6 Å². The molecule has 1 aliphatic carbocycles. The number of amides is 1. The number of hydrogen-bond acceptors (Lipinski definition) is 2. The van der Waals surface area contributed by atoms with E-state index in [-0.39, 0.29) is 17.5 Å². The highest BCUT2D eigenvalue weighted by atomic mass is 16.2. The van der Waals surface area contributed by atoms with E-state index in [2.05, 4.69) is 5.32 Å². The Labute approximate surface area is 110 Å². The molecule has 0 radical (unpaired) electrons. The summed E-state index contributed by atoms with van der Waals surface area (Å²) in [6.07, 6.45) is 2.00. The van der Waals surface area contributed by atoms with Gasteiger partial charge >= 0.3 is 5.69 Å². The van der Waals surface area contributed by atoms with Crippen molar-refractivity contribution in [1.29, 1.82) is 0 Å². The highest BCUT2D eigenvalue weighted by Gasteiger charge is 2.29. The number of para-hydroxylation sites is 2. The largest absolute Gasteiger partial charge is 0.354 e. The maximum atomic E-state index is 12.1. The first-order valence-electron chi connectivity index (χ1n) is 6.60. The summed E-state index contributed by atoms with van der Waals surface area (Å²) in [4.78, 5) is 23.7. The van der Waals surface area contributed by atoms with Gasteiger partial charge in [0.25, 0.3) is 0 Å². The van der Waals surface area contributed by atoms with Gasteiger partial charge in [0.15, 0.2) is 0 Å². The number of hydrogen-bond donors (Lipinski definition) is 1. The van der Waals surface area contributed by atoms with Gasteiger partial charge in [-0.2, -0.15) is 0 Å². The summed E-state index contributed by atoms with van der Waals surface area (Å²) in [5.41, 5.74) is 1.79. The van der Waals surface area contributed by atoms with Gasteiger partial charge in [0.05, 0.1) is 11.0 Å². The maximum absolute atomic E-state index is 12.1. The molecule has 1 amide bonds. The number of nitrogens with one attached hydrogen (secondary N) is 1. The molecule has 3 rings (SSSR count). The number of aromatic nitrogens is 2. The highest BCUT2D eigenvalue weighted by molar-refractivity contribution is 5.80. The molecule has 1 saturated carbocycles. The van der Waals surface area contributed by atoms with Crippen LogP contribution in [0.25, 0.3) is 11.0 Å². The molecule has 1 fully saturated rings. The van der Waals surface area contributed by atoms with Crippen molar-refractivity contribution in [3.8, 4) is 0 Å². The minimum Gasteiger partial charge on any atom is -0.354 e. The lowest BCUT2D eigenvalue weighted by Crippen LogP contribution is -2.31. The van der Waals surface area contributed by atoms with E-state index in [9.17, 15) is 9.59 Å². The van der Waals surface area contributed by atoms with Crippen molar-refractivity contribution in [3.05, 3.63) is 34.7 Å². The van der Waals surface area contributed by atoms with Crippen LogP contribution in [-0.2, 0) is 18.4 Å². The van der Waals surface area contributed by atoms with Crippen LogP contribution in [0.5, 0.6) is 0 Å². The summed E-state index contributed by atoms with van der Waals surface area (Å²) in [5, 5.41) is 2.89. The second-order valence-electron chi connectivity index (χ2n) is 5.05. The van der Waals surface area contributed by atoms with Crippen LogP contribution in [0.15, 0.2) is 29.1 Å². The van der Waals surface area contributed by atoms with Gasteiger partial charge in [0.1, 0.15) is 0 Å². The maximum Gasteiger partial charge on any atom is 0.328 e. The second-order valence-corrected chi connectivity index (χ2v) is 5.05. The van der Waals surface area contributed by atoms with E-state index in [0.29, 0.717) is 13.1 Å².